The Morgan fingerprint density at radius 3 is 3.04 bits per heavy atom. The highest BCUT2D eigenvalue weighted by Crippen LogP contribution is 2.42. The van der Waals surface area contributed by atoms with E-state index in [1.165, 1.54) is 11.3 Å². The lowest BCUT2D eigenvalue weighted by molar-refractivity contribution is -0.128. The average molecular weight is 397 g/mol. The second-order valence-corrected chi connectivity index (χ2v) is 7.75. The number of carbonyl (C=O) groups excluding carboxylic acids is 1. The Morgan fingerprint density at radius 1 is 1.36 bits per heavy atom. The number of carbonyl (C=O) groups is 1. The van der Waals surface area contributed by atoms with Gasteiger partial charge in [-0.2, -0.15) is 5.10 Å². The van der Waals surface area contributed by atoms with Gasteiger partial charge in [0.15, 0.2) is 11.6 Å². The number of nitrogens with one attached hydrogen (secondary N) is 1. The summed E-state index contributed by atoms with van der Waals surface area (Å²) in [5.41, 5.74) is 1.56. The van der Waals surface area contributed by atoms with Crippen molar-refractivity contribution >= 4 is 28.7 Å². The smallest absolute Gasteiger partial charge is 0.255 e. The number of aromatic amines is 1. The number of hydrogen-bond donors (Lipinski definition) is 1. The van der Waals surface area contributed by atoms with Crippen LogP contribution in [0.2, 0.25) is 0 Å². The summed E-state index contributed by atoms with van der Waals surface area (Å²) in [4.78, 5) is 30.6. The molecule has 1 N–H and O–H groups in total. The van der Waals surface area contributed by atoms with Crippen molar-refractivity contribution in [3.63, 3.8) is 0 Å². The molecule has 0 radical (unpaired) electrons. The lowest BCUT2D eigenvalue weighted by atomic mass is 9.89. The van der Waals surface area contributed by atoms with Crippen LogP contribution in [0.3, 0.4) is 0 Å². The van der Waals surface area contributed by atoms with Gasteiger partial charge in [0.05, 0.1) is 31.2 Å². The van der Waals surface area contributed by atoms with Crippen molar-refractivity contribution < 1.29 is 9.53 Å². The van der Waals surface area contributed by atoms with Crippen LogP contribution in [-0.4, -0.2) is 63.4 Å². The largest absolute Gasteiger partial charge is 0.377 e. The Morgan fingerprint density at radius 2 is 2.25 bits per heavy atom. The number of H-pyrrole nitrogens is 1. The zero-order chi connectivity index (χ0) is 19.3. The zero-order valence-corrected chi connectivity index (χ0v) is 16.4. The first-order valence-electron chi connectivity index (χ1n) is 9.10. The van der Waals surface area contributed by atoms with Gasteiger partial charge in [-0.15, -0.1) is 11.3 Å². The van der Waals surface area contributed by atoms with Crippen molar-refractivity contribution in [3.05, 3.63) is 24.0 Å². The van der Waals surface area contributed by atoms with Gasteiger partial charge in [-0.1, -0.05) is 6.92 Å². The van der Waals surface area contributed by atoms with Crippen molar-refractivity contribution in [2.24, 2.45) is 0 Å². The molecule has 2 aliphatic rings. The molecule has 1 amide bonds. The molecule has 5 heterocycles. The van der Waals surface area contributed by atoms with E-state index in [4.69, 9.17) is 9.72 Å². The van der Waals surface area contributed by atoms with Crippen molar-refractivity contribution in [2.45, 2.75) is 18.9 Å². The number of morpholine rings is 1. The summed E-state index contributed by atoms with van der Waals surface area (Å²) in [7, 11) is 1.77. The van der Waals surface area contributed by atoms with Crippen LogP contribution in [0.5, 0.6) is 0 Å². The molecule has 3 aromatic rings. The Kier molecular flexibility index (Phi) is 3.91. The summed E-state index contributed by atoms with van der Waals surface area (Å²) in [6, 6.07) is 0. The molecule has 1 fully saturated rings. The molecule has 0 bridgehead atoms. The number of anilines is 2. The van der Waals surface area contributed by atoms with E-state index < -0.39 is 5.54 Å². The first-order valence-corrected chi connectivity index (χ1v) is 9.98. The molecule has 28 heavy (non-hydrogen) atoms. The molecule has 9 nitrogen and oxygen atoms in total. The predicted molar refractivity (Wildman–Crippen MR) is 105 cm³/mol. The normalized spacial score (nSPS) is 21.6. The van der Waals surface area contributed by atoms with Gasteiger partial charge in [-0.05, 0) is 6.42 Å². The number of rotatable bonds is 3. The fraction of sp³-hybridized carbons (Fsp3) is 0.389. The minimum absolute atomic E-state index is 0.0188. The number of hydrogen-bond acceptors (Lipinski definition) is 8. The van der Waals surface area contributed by atoms with E-state index in [2.05, 4.69) is 25.1 Å². The molecule has 5 rings (SSSR count). The maximum Gasteiger partial charge on any atom is 0.255 e. The fourth-order valence-corrected chi connectivity index (χ4v) is 4.58. The summed E-state index contributed by atoms with van der Waals surface area (Å²) in [5.74, 6) is 1.32. The van der Waals surface area contributed by atoms with Crippen LogP contribution in [0.4, 0.5) is 11.5 Å². The Hall–Kier alpha value is -2.85. The molecule has 0 spiro atoms. The number of likely N-dealkylation sites (N-methyl/N-ethyl adjacent to an activating group) is 1. The predicted octanol–water partition coefficient (Wildman–Crippen LogP) is 1.95. The molecule has 1 atom stereocenters. The minimum Gasteiger partial charge on any atom is -0.377 e. The van der Waals surface area contributed by atoms with Crippen molar-refractivity contribution in [1.29, 1.82) is 0 Å². The van der Waals surface area contributed by atoms with Gasteiger partial charge in [0.2, 0.25) is 0 Å². The van der Waals surface area contributed by atoms with Crippen LogP contribution in [0.15, 0.2) is 24.0 Å². The van der Waals surface area contributed by atoms with Gasteiger partial charge in [-0.3, -0.25) is 9.89 Å². The van der Waals surface area contributed by atoms with Gasteiger partial charge in [0, 0.05) is 25.2 Å². The third kappa shape index (κ3) is 2.31. The highest BCUT2D eigenvalue weighted by atomic mass is 32.1. The first kappa shape index (κ1) is 17.3. The lowest BCUT2D eigenvalue weighted by Crippen LogP contribution is -2.68. The molecule has 0 saturated carbocycles. The molecule has 3 aromatic heterocycles. The third-order valence-electron chi connectivity index (χ3n) is 5.50. The minimum atomic E-state index is -0.722. The molecule has 0 aromatic carbocycles. The van der Waals surface area contributed by atoms with Crippen LogP contribution in [-0.2, 0) is 9.53 Å². The molecule has 1 unspecified atom stereocenters. The SMILES string of the molecule is CCC12COCCN1c1nc(-c3cn[nH]c3-c3nccs3)ncc1N(C)C2=O. The maximum atomic E-state index is 13.1. The van der Waals surface area contributed by atoms with Gasteiger partial charge in [0.25, 0.3) is 5.91 Å². The van der Waals surface area contributed by atoms with E-state index in [0.717, 1.165) is 22.1 Å². The zero-order valence-electron chi connectivity index (χ0n) is 15.5. The van der Waals surface area contributed by atoms with E-state index in [0.29, 0.717) is 37.7 Å². The first-order chi connectivity index (χ1) is 13.7. The van der Waals surface area contributed by atoms with Crippen LogP contribution in [0.1, 0.15) is 13.3 Å². The molecule has 10 heteroatoms. The topological polar surface area (TPSA) is 100 Å². The number of fused-ring (bicyclic) bond motifs is 3. The average Bonchev–Trinajstić information content (AvgIpc) is 3.43. The summed E-state index contributed by atoms with van der Waals surface area (Å²) in [6.07, 6.45) is 5.82. The highest BCUT2D eigenvalue weighted by molar-refractivity contribution is 7.13. The van der Waals surface area contributed by atoms with E-state index in [9.17, 15) is 4.79 Å². The van der Waals surface area contributed by atoms with E-state index in [1.807, 2.05) is 12.3 Å². The number of thiazole rings is 1. The van der Waals surface area contributed by atoms with E-state index >= 15 is 0 Å². The fourth-order valence-electron chi connectivity index (χ4n) is 3.94. The number of aromatic nitrogens is 5. The Bertz CT molecular complexity index is 1030. The van der Waals surface area contributed by atoms with Crippen molar-refractivity contribution in [2.75, 3.05) is 36.6 Å². The van der Waals surface area contributed by atoms with Gasteiger partial charge in [-0.25, -0.2) is 15.0 Å². The summed E-state index contributed by atoms with van der Waals surface area (Å²) in [6.45, 7) is 3.55. The van der Waals surface area contributed by atoms with E-state index in [-0.39, 0.29) is 5.91 Å². The summed E-state index contributed by atoms with van der Waals surface area (Å²) >= 11 is 1.52. The summed E-state index contributed by atoms with van der Waals surface area (Å²) in [5, 5.41) is 9.91. The highest BCUT2D eigenvalue weighted by Gasteiger charge is 2.52. The van der Waals surface area contributed by atoms with Gasteiger partial charge >= 0.3 is 0 Å². The quantitative estimate of drug-likeness (QED) is 0.721. The number of ether oxygens (including phenoxy) is 1. The number of amides is 1. The molecular weight excluding hydrogens is 378 g/mol. The molecule has 2 aliphatic heterocycles. The third-order valence-corrected chi connectivity index (χ3v) is 6.29. The molecule has 0 aliphatic carbocycles. The monoisotopic (exact) mass is 397 g/mol. The van der Waals surface area contributed by atoms with Crippen molar-refractivity contribution in [3.8, 4) is 22.1 Å². The van der Waals surface area contributed by atoms with Crippen LogP contribution >= 0.6 is 11.3 Å². The van der Waals surface area contributed by atoms with Crippen LogP contribution in [0, 0.1) is 0 Å². The summed E-state index contributed by atoms with van der Waals surface area (Å²) < 4.78 is 5.68. The Balaban J connectivity index is 1.65. The van der Waals surface area contributed by atoms with Crippen LogP contribution in [0.25, 0.3) is 22.1 Å². The van der Waals surface area contributed by atoms with Crippen LogP contribution < -0.4 is 9.80 Å². The number of nitrogens with zero attached hydrogens (tertiary/aromatic N) is 6. The van der Waals surface area contributed by atoms with Gasteiger partial charge < -0.3 is 14.5 Å². The lowest BCUT2D eigenvalue weighted by Gasteiger charge is -2.51. The second-order valence-electron chi connectivity index (χ2n) is 6.85. The van der Waals surface area contributed by atoms with E-state index in [1.54, 1.807) is 30.5 Å². The molecule has 1 saturated heterocycles. The van der Waals surface area contributed by atoms with Gasteiger partial charge in [0.1, 0.15) is 21.9 Å². The van der Waals surface area contributed by atoms with Crippen molar-refractivity contribution in [1.82, 2.24) is 25.1 Å². The molecule has 144 valence electrons. The maximum absolute atomic E-state index is 13.1. The standard InChI is InChI=1S/C18H19N7O2S/c1-3-18-10-27-6-5-25(18)15-12(24(2)17(18)26)9-20-14(22-15)11-8-21-23-13(11)16-19-4-7-28-16/h4,7-9H,3,5-6,10H2,1-2H3,(H,21,23). The second kappa shape index (κ2) is 6.35. The molecular formula is C18H19N7O2S. The Labute approximate surface area is 165 Å².